The van der Waals surface area contributed by atoms with Gasteiger partial charge >= 0.3 is 0 Å². The van der Waals surface area contributed by atoms with E-state index in [0.717, 1.165) is 5.56 Å². The van der Waals surface area contributed by atoms with Crippen LogP contribution in [0.5, 0.6) is 5.75 Å². The highest BCUT2D eigenvalue weighted by Crippen LogP contribution is 2.40. The predicted molar refractivity (Wildman–Crippen MR) is 157 cm³/mol. The Morgan fingerprint density at radius 2 is 1.95 bits per heavy atom. The zero-order valence-electron chi connectivity index (χ0n) is 23.8. The number of methoxy groups -OCH3 is 1. The SMILES string of the molecule is COc1ccccc1-c1cc(C2=CCCN(C(=O)CCn3ccnn3)C2)c(F)c2[nH]c(C(=O)N3CC[C@@H](C(N)=O)C3)cc12. The van der Waals surface area contributed by atoms with Gasteiger partial charge in [-0.05, 0) is 42.2 Å². The number of ether oxygens (including phenoxy) is 1. The number of halogens is 1. The van der Waals surface area contributed by atoms with E-state index in [1.807, 2.05) is 30.3 Å². The molecule has 2 aliphatic rings. The highest BCUT2D eigenvalue weighted by Gasteiger charge is 2.32. The molecule has 1 saturated heterocycles. The Hall–Kier alpha value is -5.00. The van der Waals surface area contributed by atoms with Crippen molar-refractivity contribution in [3.63, 3.8) is 0 Å². The van der Waals surface area contributed by atoms with Crippen molar-refractivity contribution in [3.05, 3.63) is 71.9 Å². The van der Waals surface area contributed by atoms with E-state index in [-0.39, 0.29) is 42.5 Å². The van der Waals surface area contributed by atoms with Gasteiger partial charge in [-0.1, -0.05) is 29.5 Å². The van der Waals surface area contributed by atoms with Gasteiger partial charge in [0.15, 0.2) is 5.82 Å². The smallest absolute Gasteiger partial charge is 0.270 e. The van der Waals surface area contributed by atoms with Crippen molar-refractivity contribution in [2.45, 2.75) is 25.8 Å². The summed E-state index contributed by atoms with van der Waals surface area (Å²) in [6.07, 6.45) is 6.55. The van der Waals surface area contributed by atoms with Crippen LogP contribution in [-0.2, 0) is 16.1 Å². The second-order valence-corrected chi connectivity index (χ2v) is 10.8. The molecule has 0 aliphatic carbocycles. The average Bonchev–Trinajstić information content (AvgIpc) is 3.81. The number of rotatable bonds is 8. The number of primary amides is 1. The first-order chi connectivity index (χ1) is 20.8. The highest BCUT2D eigenvalue weighted by atomic mass is 19.1. The fourth-order valence-corrected chi connectivity index (χ4v) is 5.92. The number of nitrogens with zero attached hydrogens (tertiary/aromatic N) is 5. The first-order valence-corrected chi connectivity index (χ1v) is 14.2. The molecular formula is C31H32FN7O4. The number of carbonyl (C=O) groups excluding carboxylic acids is 3. The van der Waals surface area contributed by atoms with Crippen molar-refractivity contribution in [1.29, 1.82) is 0 Å². The number of para-hydroxylation sites is 1. The Labute approximate surface area is 247 Å². The van der Waals surface area contributed by atoms with Gasteiger partial charge in [0.25, 0.3) is 5.91 Å². The minimum Gasteiger partial charge on any atom is -0.496 e. The van der Waals surface area contributed by atoms with Gasteiger partial charge in [-0.3, -0.25) is 19.1 Å². The molecule has 2 aromatic heterocycles. The summed E-state index contributed by atoms with van der Waals surface area (Å²) >= 11 is 0. The summed E-state index contributed by atoms with van der Waals surface area (Å²) in [4.78, 5) is 44.5. The number of benzene rings is 2. The summed E-state index contributed by atoms with van der Waals surface area (Å²) in [5.41, 5.74) is 8.32. The number of aromatic amines is 1. The molecule has 0 radical (unpaired) electrons. The van der Waals surface area contributed by atoms with Crippen molar-refractivity contribution in [2.24, 2.45) is 11.7 Å². The van der Waals surface area contributed by atoms with Gasteiger partial charge < -0.3 is 25.3 Å². The third-order valence-corrected chi connectivity index (χ3v) is 8.23. The van der Waals surface area contributed by atoms with Crippen LogP contribution in [-0.4, -0.2) is 80.8 Å². The lowest BCUT2D eigenvalue weighted by molar-refractivity contribution is -0.131. The van der Waals surface area contributed by atoms with E-state index in [9.17, 15) is 14.4 Å². The molecule has 3 amide bonds. The van der Waals surface area contributed by atoms with Gasteiger partial charge in [-0.15, -0.1) is 5.10 Å². The van der Waals surface area contributed by atoms with Gasteiger partial charge in [-0.2, -0.15) is 0 Å². The maximum absolute atomic E-state index is 16.4. The normalized spacial score (nSPS) is 16.9. The first kappa shape index (κ1) is 28.1. The lowest BCUT2D eigenvalue weighted by atomic mass is 9.93. The molecule has 2 aliphatic heterocycles. The Bertz CT molecular complexity index is 1730. The number of fused-ring (bicyclic) bond motifs is 1. The third kappa shape index (κ3) is 5.47. The van der Waals surface area contributed by atoms with Crippen molar-refractivity contribution >= 4 is 34.2 Å². The number of aromatic nitrogens is 4. The maximum Gasteiger partial charge on any atom is 0.270 e. The van der Waals surface area contributed by atoms with Crippen molar-refractivity contribution < 1.29 is 23.5 Å². The van der Waals surface area contributed by atoms with Gasteiger partial charge in [0.1, 0.15) is 11.4 Å². The summed E-state index contributed by atoms with van der Waals surface area (Å²) in [6.45, 7) is 1.81. The Balaban J connectivity index is 1.37. The number of amides is 3. The second-order valence-electron chi connectivity index (χ2n) is 10.8. The summed E-state index contributed by atoms with van der Waals surface area (Å²) in [5, 5.41) is 8.21. The number of nitrogens with two attached hydrogens (primary N) is 1. The summed E-state index contributed by atoms with van der Waals surface area (Å²) in [5.74, 6) is -1.13. The van der Waals surface area contributed by atoms with E-state index >= 15 is 4.39 Å². The van der Waals surface area contributed by atoms with E-state index in [0.29, 0.717) is 60.3 Å². The number of hydrogen-bond acceptors (Lipinski definition) is 6. The van der Waals surface area contributed by atoms with E-state index in [4.69, 9.17) is 10.5 Å². The number of hydrogen-bond donors (Lipinski definition) is 2. The number of carbonyl (C=O) groups is 3. The summed E-state index contributed by atoms with van der Waals surface area (Å²) in [6, 6.07) is 10.9. The molecule has 2 aromatic carbocycles. The molecule has 0 saturated carbocycles. The first-order valence-electron chi connectivity index (χ1n) is 14.2. The van der Waals surface area contributed by atoms with E-state index in [1.165, 1.54) is 0 Å². The van der Waals surface area contributed by atoms with Crippen molar-refractivity contribution in [1.82, 2.24) is 29.8 Å². The van der Waals surface area contributed by atoms with Crippen LogP contribution in [0.2, 0.25) is 0 Å². The topological polar surface area (TPSA) is 139 Å². The van der Waals surface area contributed by atoms with Gasteiger partial charge in [0.05, 0.1) is 31.3 Å². The predicted octanol–water partition coefficient (Wildman–Crippen LogP) is 3.23. The van der Waals surface area contributed by atoms with Crippen LogP contribution >= 0.6 is 0 Å². The van der Waals surface area contributed by atoms with Crippen LogP contribution in [0, 0.1) is 11.7 Å². The molecule has 12 heteroatoms. The third-order valence-electron chi connectivity index (χ3n) is 8.23. The van der Waals surface area contributed by atoms with Crippen molar-refractivity contribution in [3.8, 4) is 16.9 Å². The quantitative estimate of drug-likeness (QED) is 0.326. The molecule has 222 valence electrons. The standard InChI is InChI=1S/C31H32FN7O4/c1-43-26-7-3-2-6-21(26)23-15-22(19-5-4-11-37(17-19)27(40)9-13-39-14-10-34-36-39)28(32)29-24(23)16-25(35-29)31(42)38-12-8-20(18-38)30(33)41/h2-3,5-7,10,14-16,20,35H,4,8-9,11-13,17-18H2,1H3,(H2,33,41)/t20-/m1/s1. The van der Waals surface area contributed by atoms with Crippen LogP contribution in [0.4, 0.5) is 4.39 Å². The summed E-state index contributed by atoms with van der Waals surface area (Å²) in [7, 11) is 1.57. The maximum atomic E-state index is 16.4. The lowest BCUT2D eigenvalue weighted by Crippen LogP contribution is -2.36. The molecule has 4 aromatic rings. The molecule has 0 spiro atoms. The fraction of sp³-hybridized carbons (Fsp3) is 0.323. The van der Waals surface area contributed by atoms with Crippen molar-refractivity contribution in [2.75, 3.05) is 33.3 Å². The van der Waals surface area contributed by atoms with Crippen LogP contribution in [0.25, 0.3) is 27.6 Å². The summed E-state index contributed by atoms with van der Waals surface area (Å²) < 4.78 is 23.6. The highest BCUT2D eigenvalue weighted by molar-refractivity contribution is 6.05. The molecule has 43 heavy (non-hydrogen) atoms. The number of nitrogens with one attached hydrogen (secondary N) is 1. The number of aryl methyl sites for hydroxylation is 1. The van der Waals surface area contributed by atoms with Crippen LogP contribution in [0.1, 0.15) is 35.3 Å². The molecule has 4 heterocycles. The number of H-pyrrole nitrogens is 1. The Morgan fingerprint density at radius 3 is 2.70 bits per heavy atom. The average molecular weight is 586 g/mol. The molecule has 0 unspecified atom stereocenters. The fourth-order valence-electron chi connectivity index (χ4n) is 5.92. The molecule has 6 rings (SSSR count). The minimum atomic E-state index is -0.507. The largest absolute Gasteiger partial charge is 0.496 e. The van der Waals surface area contributed by atoms with Crippen LogP contribution < -0.4 is 10.5 Å². The zero-order valence-corrected chi connectivity index (χ0v) is 23.8. The molecule has 1 fully saturated rings. The van der Waals surface area contributed by atoms with Gasteiger partial charge in [0, 0.05) is 55.3 Å². The minimum absolute atomic E-state index is 0.0554. The monoisotopic (exact) mass is 585 g/mol. The lowest BCUT2D eigenvalue weighted by Gasteiger charge is -2.28. The molecule has 0 bridgehead atoms. The number of likely N-dealkylation sites (tertiary alicyclic amines) is 1. The van der Waals surface area contributed by atoms with Gasteiger partial charge in [-0.25, -0.2) is 4.39 Å². The van der Waals surface area contributed by atoms with Crippen LogP contribution in [0.3, 0.4) is 0 Å². The van der Waals surface area contributed by atoms with Gasteiger partial charge in [0.2, 0.25) is 11.8 Å². The Kier molecular flexibility index (Phi) is 7.66. The molecular weight excluding hydrogens is 553 g/mol. The zero-order chi connectivity index (χ0) is 30.1. The second kappa shape index (κ2) is 11.7. The van der Waals surface area contributed by atoms with Crippen LogP contribution in [0.15, 0.2) is 54.9 Å². The Morgan fingerprint density at radius 1 is 1.12 bits per heavy atom. The molecule has 1 atom stereocenters. The van der Waals surface area contributed by atoms with E-state index in [1.54, 1.807) is 46.1 Å². The van der Waals surface area contributed by atoms with E-state index in [2.05, 4.69) is 15.3 Å². The molecule has 11 nitrogen and oxygen atoms in total. The van der Waals surface area contributed by atoms with E-state index < -0.39 is 17.6 Å². The molecule has 3 N–H and O–H groups in total.